The molecule has 0 fully saturated rings. The van der Waals surface area contributed by atoms with E-state index in [-0.39, 0.29) is 0 Å². The van der Waals surface area contributed by atoms with Crippen LogP contribution in [-0.4, -0.2) is 14.8 Å². The molecule has 0 saturated carbocycles. The maximum absolute atomic E-state index is 5.73. The van der Waals surface area contributed by atoms with Crippen LogP contribution in [-0.2, 0) is 6.54 Å². The van der Waals surface area contributed by atoms with Crippen molar-refractivity contribution in [1.82, 2.24) is 14.8 Å². The van der Waals surface area contributed by atoms with Crippen molar-refractivity contribution in [2.45, 2.75) is 11.4 Å². The van der Waals surface area contributed by atoms with Crippen molar-refractivity contribution in [2.75, 3.05) is 5.73 Å². The lowest BCUT2D eigenvalue weighted by molar-refractivity contribution is 0.685. The zero-order valence-corrected chi connectivity index (χ0v) is 8.35. The molecule has 2 rings (SSSR count). The van der Waals surface area contributed by atoms with E-state index in [1.54, 1.807) is 11.0 Å². The first-order valence-corrected chi connectivity index (χ1v) is 4.60. The summed E-state index contributed by atoms with van der Waals surface area (Å²) in [5.74, 6) is 0. The summed E-state index contributed by atoms with van der Waals surface area (Å²) in [4.78, 5) is 4.66. The zero-order chi connectivity index (χ0) is 9.97. The number of benzene rings is 1. The van der Waals surface area contributed by atoms with Gasteiger partial charge in [0.25, 0.3) is 0 Å². The van der Waals surface area contributed by atoms with E-state index < -0.39 is 0 Å². The number of anilines is 1. The first-order chi connectivity index (χ1) is 6.75. The van der Waals surface area contributed by atoms with E-state index in [0.29, 0.717) is 12.2 Å². The van der Waals surface area contributed by atoms with E-state index in [2.05, 4.69) is 22.7 Å². The Morgan fingerprint density at radius 2 is 2.29 bits per heavy atom. The SMILES string of the molecule is Nc1cc(Cn2cncn2)ccc1S. The maximum atomic E-state index is 5.73. The highest BCUT2D eigenvalue weighted by Gasteiger charge is 1.98. The first kappa shape index (κ1) is 9.08. The highest BCUT2D eigenvalue weighted by molar-refractivity contribution is 7.80. The summed E-state index contributed by atoms with van der Waals surface area (Å²) in [5.41, 5.74) is 7.50. The number of aromatic nitrogens is 3. The number of nitrogens with zero attached hydrogens (tertiary/aromatic N) is 3. The lowest BCUT2D eigenvalue weighted by Crippen LogP contribution is -2.00. The van der Waals surface area contributed by atoms with E-state index in [0.717, 1.165) is 10.5 Å². The van der Waals surface area contributed by atoms with E-state index in [9.17, 15) is 0 Å². The average Bonchev–Trinajstić information content (AvgIpc) is 2.64. The molecule has 0 radical (unpaired) electrons. The van der Waals surface area contributed by atoms with Crippen molar-refractivity contribution in [1.29, 1.82) is 0 Å². The van der Waals surface area contributed by atoms with Crippen LogP contribution in [0.3, 0.4) is 0 Å². The van der Waals surface area contributed by atoms with Crippen molar-refractivity contribution in [2.24, 2.45) is 0 Å². The fraction of sp³-hybridized carbons (Fsp3) is 0.111. The molecule has 0 unspecified atom stereocenters. The van der Waals surface area contributed by atoms with Gasteiger partial charge in [0.15, 0.2) is 0 Å². The molecule has 0 aliphatic heterocycles. The van der Waals surface area contributed by atoms with Crippen molar-refractivity contribution < 1.29 is 0 Å². The Hall–Kier alpha value is -1.49. The van der Waals surface area contributed by atoms with Crippen molar-refractivity contribution in [3.63, 3.8) is 0 Å². The number of rotatable bonds is 2. The molecule has 14 heavy (non-hydrogen) atoms. The van der Waals surface area contributed by atoms with Gasteiger partial charge < -0.3 is 5.73 Å². The quantitative estimate of drug-likeness (QED) is 0.573. The second kappa shape index (κ2) is 3.71. The largest absolute Gasteiger partial charge is 0.398 e. The minimum absolute atomic E-state index is 0.679. The van der Waals surface area contributed by atoms with E-state index in [4.69, 9.17) is 5.73 Å². The molecule has 4 nitrogen and oxygen atoms in total. The van der Waals surface area contributed by atoms with Crippen molar-refractivity contribution >= 4 is 18.3 Å². The summed E-state index contributed by atoms with van der Waals surface area (Å²) in [5, 5.41) is 4.01. The molecule has 1 aromatic heterocycles. The van der Waals surface area contributed by atoms with Crippen molar-refractivity contribution in [3.8, 4) is 0 Å². The number of hydrogen-bond donors (Lipinski definition) is 2. The van der Waals surface area contributed by atoms with Crippen LogP contribution in [0.2, 0.25) is 0 Å². The lowest BCUT2D eigenvalue weighted by atomic mass is 10.2. The van der Waals surface area contributed by atoms with Gasteiger partial charge in [-0.2, -0.15) is 5.10 Å². The molecule has 0 saturated heterocycles. The number of nitrogen functional groups attached to an aromatic ring is 1. The fourth-order valence-electron chi connectivity index (χ4n) is 1.20. The van der Waals surface area contributed by atoms with E-state index in [1.807, 2.05) is 18.2 Å². The third-order valence-corrected chi connectivity index (χ3v) is 2.31. The summed E-state index contributed by atoms with van der Waals surface area (Å²) < 4.78 is 1.74. The van der Waals surface area contributed by atoms with Gasteiger partial charge in [-0.1, -0.05) is 6.07 Å². The van der Waals surface area contributed by atoms with Gasteiger partial charge in [-0.25, -0.2) is 9.67 Å². The molecule has 0 amide bonds. The second-order valence-electron chi connectivity index (χ2n) is 2.99. The third kappa shape index (κ3) is 1.88. The van der Waals surface area contributed by atoms with Gasteiger partial charge in [0.2, 0.25) is 0 Å². The van der Waals surface area contributed by atoms with Crippen LogP contribution < -0.4 is 5.73 Å². The Labute approximate surface area is 87.2 Å². The Balaban J connectivity index is 2.22. The highest BCUT2D eigenvalue weighted by Crippen LogP contribution is 2.17. The fourth-order valence-corrected chi connectivity index (χ4v) is 1.34. The Morgan fingerprint density at radius 3 is 2.93 bits per heavy atom. The lowest BCUT2D eigenvalue weighted by Gasteiger charge is -2.04. The van der Waals surface area contributed by atoms with Crippen molar-refractivity contribution in [3.05, 3.63) is 36.4 Å². The first-order valence-electron chi connectivity index (χ1n) is 4.15. The molecule has 72 valence electrons. The topological polar surface area (TPSA) is 56.7 Å². The van der Waals surface area contributed by atoms with Gasteiger partial charge in [0, 0.05) is 10.6 Å². The maximum Gasteiger partial charge on any atom is 0.137 e. The van der Waals surface area contributed by atoms with Gasteiger partial charge >= 0.3 is 0 Å². The Kier molecular flexibility index (Phi) is 2.41. The van der Waals surface area contributed by atoms with E-state index in [1.165, 1.54) is 6.33 Å². The van der Waals surface area contributed by atoms with Crippen LogP contribution in [0.4, 0.5) is 5.69 Å². The van der Waals surface area contributed by atoms with Gasteiger partial charge in [-0.15, -0.1) is 12.6 Å². The molecule has 0 bridgehead atoms. The molecule has 1 heterocycles. The predicted molar refractivity (Wildman–Crippen MR) is 57.2 cm³/mol. The van der Waals surface area contributed by atoms with Crippen LogP contribution in [0.1, 0.15) is 5.56 Å². The normalized spacial score (nSPS) is 10.4. The average molecular weight is 206 g/mol. The molecule has 2 aromatic rings. The second-order valence-corrected chi connectivity index (χ2v) is 3.47. The summed E-state index contributed by atoms with van der Waals surface area (Å²) >= 11 is 4.20. The molecular formula is C9H10N4S. The zero-order valence-electron chi connectivity index (χ0n) is 7.46. The van der Waals surface area contributed by atoms with Gasteiger partial charge in [-0.3, -0.25) is 0 Å². The molecule has 1 aromatic carbocycles. The molecule has 0 aliphatic carbocycles. The highest BCUT2D eigenvalue weighted by atomic mass is 32.1. The molecule has 0 aliphatic rings. The number of thiol groups is 1. The minimum Gasteiger partial charge on any atom is -0.398 e. The summed E-state index contributed by atoms with van der Waals surface area (Å²) in [6.45, 7) is 0.679. The van der Waals surface area contributed by atoms with E-state index >= 15 is 0 Å². The van der Waals surface area contributed by atoms with Gasteiger partial charge in [0.1, 0.15) is 12.7 Å². The third-order valence-electron chi connectivity index (χ3n) is 1.90. The minimum atomic E-state index is 0.679. The van der Waals surface area contributed by atoms with Crippen LogP contribution in [0.25, 0.3) is 0 Å². The van der Waals surface area contributed by atoms with Crippen LogP contribution >= 0.6 is 12.6 Å². The molecular weight excluding hydrogens is 196 g/mol. The molecule has 0 spiro atoms. The summed E-state index contributed by atoms with van der Waals surface area (Å²) in [7, 11) is 0. The smallest absolute Gasteiger partial charge is 0.137 e. The number of nitrogens with two attached hydrogens (primary N) is 1. The predicted octanol–water partition coefficient (Wildman–Crippen LogP) is 1.20. The van der Waals surface area contributed by atoms with Gasteiger partial charge in [-0.05, 0) is 17.7 Å². The monoisotopic (exact) mass is 206 g/mol. The Morgan fingerprint density at radius 1 is 1.43 bits per heavy atom. The molecule has 2 N–H and O–H groups in total. The van der Waals surface area contributed by atoms with Gasteiger partial charge in [0.05, 0.1) is 6.54 Å². The molecule has 0 atom stereocenters. The van der Waals surface area contributed by atoms with Crippen LogP contribution in [0, 0.1) is 0 Å². The Bertz CT molecular complexity index is 424. The summed E-state index contributed by atoms with van der Waals surface area (Å²) in [6, 6.07) is 5.75. The summed E-state index contributed by atoms with van der Waals surface area (Å²) in [6.07, 6.45) is 3.18. The number of hydrogen-bond acceptors (Lipinski definition) is 4. The van der Waals surface area contributed by atoms with Crippen LogP contribution in [0.15, 0.2) is 35.7 Å². The standard InChI is InChI=1S/C9H10N4S/c10-8-3-7(1-2-9(8)14)4-13-6-11-5-12-13/h1-3,5-6,14H,4,10H2. The molecule has 5 heteroatoms. The van der Waals surface area contributed by atoms with Crippen LogP contribution in [0.5, 0.6) is 0 Å².